The van der Waals surface area contributed by atoms with Gasteiger partial charge in [-0.3, -0.25) is 4.90 Å². The van der Waals surface area contributed by atoms with E-state index in [0.717, 1.165) is 32.5 Å². The van der Waals surface area contributed by atoms with Gasteiger partial charge in [0.25, 0.3) is 0 Å². The van der Waals surface area contributed by atoms with Crippen LogP contribution >= 0.6 is 0 Å². The molecule has 0 aromatic heterocycles. The van der Waals surface area contributed by atoms with Crippen molar-refractivity contribution >= 4 is 0 Å². The first-order valence-electron chi connectivity index (χ1n) is 8.34. The number of rotatable bonds is 11. The highest BCUT2D eigenvalue weighted by molar-refractivity contribution is 4.96. The quantitative estimate of drug-likeness (QED) is 0.627. The van der Waals surface area contributed by atoms with E-state index in [1.54, 1.807) is 0 Å². The lowest BCUT2D eigenvalue weighted by Gasteiger charge is -2.46. The Morgan fingerprint density at radius 2 is 1.60 bits per heavy atom. The molecule has 0 heterocycles. The molecule has 0 aliphatic rings. The Balaban J connectivity index is 5.00. The van der Waals surface area contributed by atoms with Gasteiger partial charge in [0.15, 0.2) is 0 Å². The summed E-state index contributed by atoms with van der Waals surface area (Å²) in [4.78, 5) is 2.60. The summed E-state index contributed by atoms with van der Waals surface area (Å²) >= 11 is 0. The number of hydrogen-bond acceptors (Lipinski definition) is 3. The van der Waals surface area contributed by atoms with Crippen molar-refractivity contribution < 1.29 is 4.74 Å². The Bertz CT molecular complexity index is 251. The molecule has 0 radical (unpaired) electrons. The van der Waals surface area contributed by atoms with Crippen molar-refractivity contribution in [3.8, 4) is 0 Å². The van der Waals surface area contributed by atoms with Crippen molar-refractivity contribution in [3.63, 3.8) is 0 Å². The van der Waals surface area contributed by atoms with Gasteiger partial charge < -0.3 is 10.1 Å². The zero-order valence-electron chi connectivity index (χ0n) is 15.2. The lowest BCUT2D eigenvalue weighted by Crippen LogP contribution is -2.59. The van der Waals surface area contributed by atoms with Gasteiger partial charge in [-0.15, -0.1) is 0 Å². The van der Waals surface area contributed by atoms with Crippen LogP contribution in [0.4, 0.5) is 0 Å². The second-order valence-corrected chi connectivity index (χ2v) is 6.50. The lowest BCUT2D eigenvalue weighted by molar-refractivity contribution is 0.00104. The number of nitrogens with zero attached hydrogens (tertiary/aromatic N) is 1. The fourth-order valence-corrected chi connectivity index (χ4v) is 3.11. The van der Waals surface area contributed by atoms with Crippen molar-refractivity contribution in [3.05, 3.63) is 0 Å². The van der Waals surface area contributed by atoms with Gasteiger partial charge in [0.2, 0.25) is 0 Å². The summed E-state index contributed by atoms with van der Waals surface area (Å²) in [5.41, 5.74) is 0.176. The molecule has 0 saturated heterocycles. The van der Waals surface area contributed by atoms with Gasteiger partial charge in [-0.25, -0.2) is 0 Å². The third-order valence-electron chi connectivity index (χ3n) is 4.99. The van der Waals surface area contributed by atoms with E-state index in [1.807, 2.05) is 7.11 Å². The number of nitrogens with one attached hydrogen (secondary N) is 1. The molecule has 1 N–H and O–H groups in total. The molecule has 2 unspecified atom stereocenters. The summed E-state index contributed by atoms with van der Waals surface area (Å²) < 4.78 is 5.58. The van der Waals surface area contributed by atoms with Crippen molar-refractivity contribution in [2.24, 2.45) is 0 Å². The summed E-state index contributed by atoms with van der Waals surface area (Å²) in [6.45, 7) is 19.0. The number of ether oxygens (including phenoxy) is 1. The first kappa shape index (κ1) is 19.9. The zero-order chi connectivity index (χ0) is 15.8. The summed E-state index contributed by atoms with van der Waals surface area (Å²) in [6, 6.07) is 0.506. The van der Waals surface area contributed by atoms with Crippen molar-refractivity contribution in [1.29, 1.82) is 0 Å². The minimum absolute atomic E-state index is 0.0361. The average Bonchev–Trinajstić information content (AvgIpc) is 2.44. The van der Waals surface area contributed by atoms with Crippen LogP contribution in [-0.4, -0.2) is 48.8 Å². The van der Waals surface area contributed by atoms with Crippen LogP contribution < -0.4 is 5.32 Å². The van der Waals surface area contributed by atoms with Crippen molar-refractivity contribution in [2.75, 3.05) is 26.7 Å². The van der Waals surface area contributed by atoms with Crippen LogP contribution in [0.5, 0.6) is 0 Å². The first-order valence-corrected chi connectivity index (χ1v) is 8.34. The monoisotopic (exact) mass is 286 g/mol. The Kier molecular flexibility index (Phi) is 8.96. The highest BCUT2D eigenvalue weighted by atomic mass is 16.5. The Morgan fingerprint density at radius 3 is 1.95 bits per heavy atom. The Morgan fingerprint density at radius 1 is 1.05 bits per heavy atom. The summed E-state index contributed by atoms with van der Waals surface area (Å²) in [5, 5.41) is 3.72. The Labute approximate surface area is 127 Å². The molecule has 0 aliphatic heterocycles. The molecule has 2 atom stereocenters. The second-order valence-electron chi connectivity index (χ2n) is 6.50. The fourth-order valence-electron chi connectivity index (χ4n) is 3.11. The molecular weight excluding hydrogens is 248 g/mol. The largest absolute Gasteiger partial charge is 0.379 e. The molecule has 0 aromatic rings. The molecule has 3 heteroatoms. The predicted octanol–water partition coefficient (Wildman–Crippen LogP) is 3.68. The van der Waals surface area contributed by atoms with E-state index >= 15 is 0 Å². The number of methoxy groups -OCH3 is 1. The maximum absolute atomic E-state index is 5.58. The van der Waals surface area contributed by atoms with Crippen molar-refractivity contribution in [1.82, 2.24) is 10.2 Å². The molecule has 0 fully saturated rings. The van der Waals surface area contributed by atoms with Crippen LogP contribution in [0.3, 0.4) is 0 Å². The molecule has 0 bridgehead atoms. The fraction of sp³-hybridized carbons (Fsp3) is 1.00. The highest BCUT2D eigenvalue weighted by Crippen LogP contribution is 2.28. The normalized spacial score (nSPS) is 17.2. The molecular formula is C17H38N2O. The molecule has 0 saturated carbocycles. The highest BCUT2D eigenvalue weighted by Gasteiger charge is 2.37. The topological polar surface area (TPSA) is 24.5 Å². The third-order valence-corrected chi connectivity index (χ3v) is 4.99. The second kappa shape index (κ2) is 9.01. The summed E-state index contributed by atoms with van der Waals surface area (Å²) in [7, 11) is 1.81. The van der Waals surface area contributed by atoms with Crippen LogP contribution in [-0.2, 0) is 4.74 Å². The minimum Gasteiger partial charge on any atom is -0.379 e. The van der Waals surface area contributed by atoms with Gasteiger partial charge in [-0.05, 0) is 59.7 Å². The van der Waals surface area contributed by atoms with Crippen LogP contribution in [0.25, 0.3) is 0 Å². The maximum atomic E-state index is 5.58. The van der Waals surface area contributed by atoms with E-state index in [4.69, 9.17) is 4.74 Å². The number of hydrogen-bond donors (Lipinski definition) is 1. The number of likely N-dealkylation sites (N-methyl/N-ethyl adjacent to an activating group) is 2. The summed E-state index contributed by atoms with van der Waals surface area (Å²) in [6.07, 6.45) is 3.40. The smallest absolute Gasteiger partial charge is 0.0623 e. The van der Waals surface area contributed by atoms with E-state index in [2.05, 4.69) is 58.7 Å². The van der Waals surface area contributed by atoms with Gasteiger partial charge in [-0.2, -0.15) is 0 Å². The van der Waals surface area contributed by atoms with Gasteiger partial charge in [0.1, 0.15) is 0 Å². The lowest BCUT2D eigenvalue weighted by atomic mass is 9.82. The van der Waals surface area contributed by atoms with E-state index in [1.165, 1.54) is 6.42 Å². The van der Waals surface area contributed by atoms with E-state index in [-0.39, 0.29) is 11.1 Å². The molecule has 20 heavy (non-hydrogen) atoms. The standard InChI is InChI=1S/C17H38N2O/c1-9-17(7,19(11-3)12-4)15(18-10-2)13-14-16(5,6)20-8/h15,18H,9-14H2,1-8H3. The van der Waals surface area contributed by atoms with Gasteiger partial charge in [0.05, 0.1) is 5.60 Å². The Hall–Kier alpha value is -0.120. The van der Waals surface area contributed by atoms with E-state index < -0.39 is 0 Å². The van der Waals surface area contributed by atoms with Crippen molar-refractivity contribution in [2.45, 2.75) is 84.9 Å². The van der Waals surface area contributed by atoms with Crippen LogP contribution in [0.1, 0.15) is 67.7 Å². The van der Waals surface area contributed by atoms with Gasteiger partial charge in [0, 0.05) is 18.7 Å². The molecule has 0 aromatic carbocycles. The first-order chi connectivity index (χ1) is 9.31. The third kappa shape index (κ3) is 5.34. The summed E-state index contributed by atoms with van der Waals surface area (Å²) in [5.74, 6) is 0. The minimum atomic E-state index is -0.0361. The van der Waals surface area contributed by atoms with E-state index in [0.29, 0.717) is 6.04 Å². The zero-order valence-corrected chi connectivity index (χ0v) is 15.2. The molecule has 3 nitrogen and oxygen atoms in total. The van der Waals surface area contributed by atoms with Crippen LogP contribution in [0.15, 0.2) is 0 Å². The molecule has 0 spiro atoms. The molecule has 122 valence electrons. The molecule has 0 rings (SSSR count). The predicted molar refractivity (Wildman–Crippen MR) is 89.4 cm³/mol. The van der Waals surface area contributed by atoms with Crippen LogP contribution in [0, 0.1) is 0 Å². The van der Waals surface area contributed by atoms with Gasteiger partial charge >= 0.3 is 0 Å². The average molecular weight is 287 g/mol. The molecule has 0 amide bonds. The molecule has 0 aliphatic carbocycles. The SMILES string of the molecule is CCNC(CCC(C)(C)OC)C(C)(CC)N(CC)CC. The van der Waals surface area contributed by atoms with E-state index in [9.17, 15) is 0 Å². The van der Waals surface area contributed by atoms with Crippen LogP contribution in [0.2, 0.25) is 0 Å². The van der Waals surface area contributed by atoms with Gasteiger partial charge in [-0.1, -0.05) is 27.7 Å². The maximum Gasteiger partial charge on any atom is 0.0623 e.